The van der Waals surface area contributed by atoms with Crippen LogP contribution in [0.4, 0.5) is 8.78 Å². The summed E-state index contributed by atoms with van der Waals surface area (Å²) in [6.45, 7) is 7.83. The number of carboxylic acid groups (broad SMARTS) is 1. The van der Waals surface area contributed by atoms with Gasteiger partial charge in [-0.15, -0.1) is 0 Å². The molecule has 1 atom stereocenters. The van der Waals surface area contributed by atoms with Gasteiger partial charge in [0, 0.05) is 12.5 Å². The third-order valence-corrected chi connectivity index (χ3v) is 5.94. The summed E-state index contributed by atoms with van der Waals surface area (Å²) in [5.74, 6) is -3.49. The molecular weight excluding hydrogens is 419 g/mol. The molecule has 0 saturated carbocycles. The van der Waals surface area contributed by atoms with Crippen molar-refractivity contribution in [1.29, 1.82) is 0 Å². The van der Waals surface area contributed by atoms with Crippen LogP contribution in [0, 0.1) is 11.6 Å². The molecule has 0 spiro atoms. The van der Waals surface area contributed by atoms with Crippen molar-refractivity contribution in [2.24, 2.45) is 0 Å². The first-order valence-corrected chi connectivity index (χ1v) is 10.3. The van der Waals surface area contributed by atoms with Crippen molar-refractivity contribution in [1.82, 2.24) is 5.32 Å². The Balaban J connectivity index is 1.63. The Morgan fingerprint density at radius 1 is 1.03 bits per heavy atom. The highest BCUT2D eigenvalue weighted by Crippen LogP contribution is 2.36. The minimum atomic E-state index is -1.21. The lowest BCUT2D eigenvalue weighted by Gasteiger charge is -2.32. The molecule has 1 fully saturated rings. The molecule has 0 unspecified atom stereocenters. The van der Waals surface area contributed by atoms with Crippen LogP contribution in [0.3, 0.4) is 0 Å². The predicted octanol–water partition coefficient (Wildman–Crippen LogP) is 2.62. The Bertz CT molecular complexity index is 994. The lowest BCUT2D eigenvalue weighted by atomic mass is 9.78. The van der Waals surface area contributed by atoms with Crippen molar-refractivity contribution in [3.05, 3.63) is 65.2 Å². The summed E-state index contributed by atoms with van der Waals surface area (Å²) >= 11 is 0. The quantitative estimate of drug-likeness (QED) is 0.641. The molecule has 1 aliphatic rings. The largest absolute Gasteiger partial charge is 0.494 e. The highest BCUT2D eigenvalue weighted by molar-refractivity contribution is 6.62. The molecular formula is C23H26BF2NO5. The van der Waals surface area contributed by atoms with E-state index in [4.69, 9.17) is 9.31 Å². The van der Waals surface area contributed by atoms with E-state index in [9.17, 15) is 23.5 Å². The first kappa shape index (κ1) is 23.9. The molecule has 0 aromatic heterocycles. The van der Waals surface area contributed by atoms with Gasteiger partial charge in [-0.1, -0.05) is 30.3 Å². The number of carbonyl (C=O) groups excluding carboxylic acids is 1. The number of aliphatic carboxylic acids is 1. The number of amides is 1. The van der Waals surface area contributed by atoms with Crippen molar-refractivity contribution in [3.63, 3.8) is 0 Å². The Kier molecular flexibility index (Phi) is 6.71. The minimum absolute atomic E-state index is 0.0141. The van der Waals surface area contributed by atoms with E-state index in [1.165, 1.54) is 0 Å². The molecule has 1 amide bonds. The van der Waals surface area contributed by atoms with Crippen LogP contribution in [-0.4, -0.2) is 41.3 Å². The molecule has 9 heteroatoms. The second-order valence-corrected chi connectivity index (χ2v) is 8.90. The van der Waals surface area contributed by atoms with E-state index in [0.717, 1.165) is 17.6 Å². The van der Waals surface area contributed by atoms with Gasteiger partial charge < -0.3 is 19.7 Å². The summed E-state index contributed by atoms with van der Waals surface area (Å²) in [4.78, 5) is 23.9. The molecule has 170 valence electrons. The Hall–Kier alpha value is -2.78. The van der Waals surface area contributed by atoms with Gasteiger partial charge in [-0.05, 0) is 50.4 Å². The monoisotopic (exact) mass is 445 g/mol. The summed E-state index contributed by atoms with van der Waals surface area (Å²) in [5.41, 5.74) is 0.527. The van der Waals surface area contributed by atoms with Crippen LogP contribution in [0.25, 0.3) is 0 Å². The second kappa shape index (κ2) is 9.00. The normalized spacial score (nSPS) is 17.8. The van der Waals surface area contributed by atoms with Crippen molar-refractivity contribution in [3.8, 4) is 0 Å². The van der Waals surface area contributed by atoms with Crippen LogP contribution in [0.1, 0.15) is 38.8 Å². The van der Waals surface area contributed by atoms with Gasteiger partial charge in [0.1, 0.15) is 17.7 Å². The van der Waals surface area contributed by atoms with Crippen molar-refractivity contribution >= 4 is 24.5 Å². The van der Waals surface area contributed by atoms with E-state index in [-0.39, 0.29) is 12.0 Å². The zero-order chi connectivity index (χ0) is 23.7. The fourth-order valence-corrected chi connectivity index (χ4v) is 3.31. The number of hydrogen-bond acceptors (Lipinski definition) is 4. The average Bonchev–Trinajstić information content (AvgIpc) is 2.91. The summed E-state index contributed by atoms with van der Waals surface area (Å²) in [5, 5.41) is 11.9. The van der Waals surface area contributed by atoms with Gasteiger partial charge in [0.2, 0.25) is 5.91 Å². The second-order valence-electron chi connectivity index (χ2n) is 8.90. The van der Waals surface area contributed by atoms with Crippen LogP contribution >= 0.6 is 0 Å². The van der Waals surface area contributed by atoms with Crippen LogP contribution in [-0.2, 0) is 31.7 Å². The summed E-state index contributed by atoms with van der Waals surface area (Å²) < 4.78 is 38.8. The van der Waals surface area contributed by atoms with Gasteiger partial charge >= 0.3 is 13.1 Å². The molecule has 0 aliphatic carbocycles. The van der Waals surface area contributed by atoms with Crippen molar-refractivity contribution < 1.29 is 32.8 Å². The number of hydrogen-bond donors (Lipinski definition) is 2. The van der Waals surface area contributed by atoms with Gasteiger partial charge in [0.25, 0.3) is 0 Å². The highest BCUT2D eigenvalue weighted by Gasteiger charge is 2.51. The first-order valence-electron chi connectivity index (χ1n) is 10.3. The smallest absolute Gasteiger partial charge is 0.480 e. The van der Waals surface area contributed by atoms with Crippen molar-refractivity contribution in [2.75, 3.05) is 0 Å². The SMILES string of the molecule is CC1(C)OB(c2ccc(C[C@@H](NC(=O)Cc3ccc(F)cc3F)C(=O)O)cc2)OC1(C)C. The molecule has 0 radical (unpaired) electrons. The topological polar surface area (TPSA) is 84.9 Å². The Morgan fingerprint density at radius 3 is 2.16 bits per heavy atom. The average molecular weight is 445 g/mol. The minimum Gasteiger partial charge on any atom is -0.480 e. The van der Waals surface area contributed by atoms with Crippen molar-refractivity contribution in [2.45, 2.75) is 57.8 Å². The maximum Gasteiger partial charge on any atom is 0.494 e. The Morgan fingerprint density at radius 2 is 1.62 bits per heavy atom. The fraction of sp³-hybridized carbons (Fsp3) is 0.391. The number of rotatable bonds is 7. The standard InChI is InChI=1S/C23H26BF2NO5/c1-22(2)23(3,4)32-24(31-22)16-8-5-14(6-9-16)11-19(21(29)30)27-20(28)12-15-7-10-17(25)13-18(15)26/h5-10,13,19H,11-12H2,1-4H3,(H,27,28)(H,29,30)/t19-/m1/s1. The molecule has 0 bridgehead atoms. The van der Waals surface area contributed by atoms with E-state index in [2.05, 4.69) is 5.32 Å². The lowest BCUT2D eigenvalue weighted by Crippen LogP contribution is -2.43. The number of benzene rings is 2. The van der Waals surface area contributed by atoms with E-state index in [1.807, 2.05) is 27.7 Å². The maximum absolute atomic E-state index is 13.8. The van der Waals surface area contributed by atoms with Crippen LogP contribution in [0.2, 0.25) is 0 Å². The summed E-state index contributed by atoms with van der Waals surface area (Å²) in [7, 11) is -0.533. The molecule has 2 aromatic carbocycles. The van der Waals surface area contributed by atoms with Gasteiger partial charge in [0.05, 0.1) is 17.6 Å². The number of carbonyl (C=O) groups is 2. The Labute approximate surface area is 186 Å². The van der Waals surface area contributed by atoms with E-state index in [0.29, 0.717) is 11.6 Å². The predicted molar refractivity (Wildman–Crippen MR) is 115 cm³/mol. The van der Waals surface area contributed by atoms with Gasteiger partial charge in [-0.25, -0.2) is 13.6 Å². The molecule has 6 nitrogen and oxygen atoms in total. The van der Waals surface area contributed by atoms with Gasteiger partial charge in [-0.2, -0.15) is 0 Å². The number of halogens is 2. The summed E-state index contributed by atoms with van der Waals surface area (Å²) in [6, 6.07) is 8.78. The summed E-state index contributed by atoms with van der Waals surface area (Å²) in [6.07, 6.45) is -0.354. The zero-order valence-electron chi connectivity index (χ0n) is 18.4. The highest BCUT2D eigenvalue weighted by atomic mass is 19.1. The van der Waals surface area contributed by atoms with Gasteiger partial charge in [0.15, 0.2) is 0 Å². The molecule has 3 rings (SSSR count). The molecule has 1 saturated heterocycles. The number of nitrogens with one attached hydrogen (secondary N) is 1. The van der Waals surface area contributed by atoms with Crippen LogP contribution in [0.15, 0.2) is 42.5 Å². The molecule has 2 aromatic rings. The fourth-order valence-electron chi connectivity index (χ4n) is 3.31. The van der Waals surface area contributed by atoms with E-state index >= 15 is 0 Å². The third kappa shape index (κ3) is 5.34. The molecule has 2 N–H and O–H groups in total. The molecule has 1 aliphatic heterocycles. The third-order valence-electron chi connectivity index (χ3n) is 5.94. The van der Waals surface area contributed by atoms with Crippen LogP contribution in [0.5, 0.6) is 0 Å². The van der Waals surface area contributed by atoms with Crippen LogP contribution < -0.4 is 10.8 Å². The molecule has 1 heterocycles. The first-order chi connectivity index (χ1) is 14.9. The molecule has 32 heavy (non-hydrogen) atoms. The zero-order valence-corrected chi connectivity index (χ0v) is 18.4. The van der Waals surface area contributed by atoms with E-state index in [1.54, 1.807) is 24.3 Å². The van der Waals surface area contributed by atoms with E-state index < -0.39 is 54.3 Å². The number of carboxylic acids is 1. The van der Waals surface area contributed by atoms with Gasteiger partial charge in [-0.3, -0.25) is 4.79 Å². The maximum atomic E-state index is 13.8. The lowest BCUT2D eigenvalue weighted by molar-refractivity contribution is -0.141.